The van der Waals surface area contributed by atoms with Crippen LogP contribution in [0.5, 0.6) is 0 Å². The first-order chi connectivity index (χ1) is 5.93. The third-order valence-corrected chi connectivity index (χ3v) is 1.32. The van der Waals surface area contributed by atoms with Gasteiger partial charge in [0.2, 0.25) is 0 Å². The highest BCUT2D eigenvalue weighted by Gasteiger charge is 2.17. The first kappa shape index (κ1) is 11.9. The molecule has 0 fully saturated rings. The van der Waals surface area contributed by atoms with Gasteiger partial charge in [-0.05, 0) is 20.3 Å². The molecule has 0 heterocycles. The number of carbonyl (C=O) groups is 2. The van der Waals surface area contributed by atoms with Crippen LogP contribution in [-0.4, -0.2) is 29.2 Å². The van der Waals surface area contributed by atoms with Crippen LogP contribution in [0.3, 0.4) is 0 Å². The summed E-state index contributed by atoms with van der Waals surface area (Å²) >= 11 is 0. The molecular weight excluding hydrogens is 174 g/mol. The molecule has 0 aromatic carbocycles. The van der Waals surface area contributed by atoms with Gasteiger partial charge < -0.3 is 15.6 Å². The molecule has 0 unspecified atom stereocenters. The average Bonchev–Trinajstić information content (AvgIpc) is 1.98. The van der Waals surface area contributed by atoms with E-state index in [4.69, 9.17) is 15.6 Å². The molecule has 0 aromatic heterocycles. The van der Waals surface area contributed by atoms with E-state index in [2.05, 4.69) is 0 Å². The first-order valence-electron chi connectivity index (χ1n) is 4.11. The summed E-state index contributed by atoms with van der Waals surface area (Å²) in [6.45, 7) is 3.42. The van der Waals surface area contributed by atoms with Gasteiger partial charge in [0.05, 0.1) is 6.10 Å². The summed E-state index contributed by atoms with van der Waals surface area (Å²) in [5.41, 5.74) is 5.38. The largest absolute Gasteiger partial charge is 0.481 e. The fraction of sp³-hybridized carbons (Fsp3) is 0.750. The van der Waals surface area contributed by atoms with E-state index in [0.29, 0.717) is 0 Å². The van der Waals surface area contributed by atoms with E-state index in [0.717, 1.165) is 0 Å². The molecule has 0 aliphatic carbocycles. The van der Waals surface area contributed by atoms with Gasteiger partial charge in [0.15, 0.2) is 0 Å². The van der Waals surface area contributed by atoms with Crippen LogP contribution in [0.4, 0.5) is 0 Å². The summed E-state index contributed by atoms with van der Waals surface area (Å²) in [7, 11) is 0. The molecule has 0 aliphatic rings. The number of carboxylic acid groups (broad SMARTS) is 1. The van der Waals surface area contributed by atoms with Crippen LogP contribution in [0.15, 0.2) is 0 Å². The quantitative estimate of drug-likeness (QED) is 0.600. The minimum Gasteiger partial charge on any atom is -0.481 e. The number of esters is 1. The normalized spacial score (nSPS) is 12.6. The maximum Gasteiger partial charge on any atom is 0.323 e. The third kappa shape index (κ3) is 6.10. The van der Waals surface area contributed by atoms with Gasteiger partial charge in [0, 0.05) is 6.42 Å². The van der Waals surface area contributed by atoms with Crippen molar-refractivity contribution < 1.29 is 19.4 Å². The predicted octanol–water partition coefficient (Wildman–Crippen LogP) is 0.130. The standard InChI is InChI=1S/C8H15NO4/c1-5(2)13-8(12)6(9)3-4-7(10)11/h5-6H,3-4,9H2,1-2H3,(H,10,11)/t6-/m0/s1. The molecule has 5 nitrogen and oxygen atoms in total. The zero-order valence-electron chi connectivity index (χ0n) is 7.82. The van der Waals surface area contributed by atoms with Crippen LogP contribution in [0.25, 0.3) is 0 Å². The van der Waals surface area contributed by atoms with Gasteiger partial charge in [-0.2, -0.15) is 0 Å². The minimum absolute atomic E-state index is 0.112. The minimum atomic E-state index is -0.965. The molecule has 0 amide bonds. The van der Waals surface area contributed by atoms with Gasteiger partial charge in [0.1, 0.15) is 6.04 Å². The molecular formula is C8H15NO4. The summed E-state index contributed by atoms with van der Waals surface area (Å²) in [6.07, 6.45) is -0.224. The summed E-state index contributed by atoms with van der Waals surface area (Å²) in [5, 5.41) is 8.32. The van der Waals surface area contributed by atoms with Crippen molar-refractivity contribution in [3.63, 3.8) is 0 Å². The lowest BCUT2D eigenvalue weighted by molar-refractivity contribution is -0.149. The van der Waals surface area contributed by atoms with E-state index in [1.807, 2.05) is 0 Å². The van der Waals surface area contributed by atoms with Gasteiger partial charge in [-0.3, -0.25) is 9.59 Å². The molecule has 76 valence electrons. The molecule has 3 N–H and O–H groups in total. The van der Waals surface area contributed by atoms with E-state index in [-0.39, 0.29) is 18.9 Å². The SMILES string of the molecule is CC(C)OC(=O)[C@@H](N)CCC(=O)O. The topological polar surface area (TPSA) is 89.6 Å². The Labute approximate surface area is 76.9 Å². The Morgan fingerprint density at radius 1 is 1.46 bits per heavy atom. The fourth-order valence-corrected chi connectivity index (χ4v) is 0.717. The molecule has 0 saturated heterocycles. The van der Waals surface area contributed by atoms with Crippen LogP contribution in [0.2, 0.25) is 0 Å². The molecule has 0 radical (unpaired) electrons. The lowest BCUT2D eigenvalue weighted by atomic mass is 10.2. The number of nitrogens with two attached hydrogens (primary N) is 1. The fourth-order valence-electron chi connectivity index (χ4n) is 0.717. The number of rotatable bonds is 5. The van der Waals surface area contributed by atoms with E-state index in [9.17, 15) is 9.59 Å². The number of aliphatic carboxylic acids is 1. The van der Waals surface area contributed by atoms with Crippen LogP contribution in [-0.2, 0) is 14.3 Å². The number of ether oxygens (including phenoxy) is 1. The molecule has 0 aliphatic heterocycles. The molecule has 1 atom stereocenters. The zero-order valence-corrected chi connectivity index (χ0v) is 7.82. The second-order valence-corrected chi connectivity index (χ2v) is 3.02. The second-order valence-electron chi connectivity index (χ2n) is 3.02. The van der Waals surface area contributed by atoms with Crippen molar-refractivity contribution in [3.05, 3.63) is 0 Å². The van der Waals surface area contributed by atoms with E-state index >= 15 is 0 Å². The Kier molecular flexibility index (Phi) is 5.06. The van der Waals surface area contributed by atoms with Crippen molar-refractivity contribution in [2.24, 2.45) is 5.73 Å². The van der Waals surface area contributed by atoms with Crippen LogP contribution >= 0.6 is 0 Å². The first-order valence-corrected chi connectivity index (χ1v) is 4.11. The molecule has 0 spiro atoms. The molecule has 0 bridgehead atoms. The van der Waals surface area contributed by atoms with Crippen molar-refractivity contribution in [2.45, 2.75) is 38.8 Å². The smallest absolute Gasteiger partial charge is 0.323 e. The summed E-state index contributed by atoms with van der Waals surface area (Å²) in [6, 6.07) is -0.835. The van der Waals surface area contributed by atoms with Crippen LogP contribution in [0, 0.1) is 0 Å². The van der Waals surface area contributed by atoms with Gasteiger partial charge in [0.25, 0.3) is 0 Å². The van der Waals surface area contributed by atoms with Gasteiger partial charge in [-0.1, -0.05) is 0 Å². The van der Waals surface area contributed by atoms with Gasteiger partial charge >= 0.3 is 11.9 Å². The van der Waals surface area contributed by atoms with Crippen molar-refractivity contribution >= 4 is 11.9 Å². The Balaban J connectivity index is 3.76. The van der Waals surface area contributed by atoms with Gasteiger partial charge in [-0.15, -0.1) is 0 Å². The number of carboxylic acids is 1. The van der Waals surface area contributed by atoms with Crippen molar-refractivity contribution in [1.82, 2.24) is 0 Å². The molecule has 0 aromatic rings. The molecule has 13 heavy (non-hydrogen) atoms. The number of hydrogen-bond acceptors (Lipinski definition) is 4. The second kappa shape index (κ2) is 5.53. The highest BCUT2D eigenvalue weighted by atomic mass is 16.5. The lowest BCUT2D eigenvalue weighted by Crippen LogP contribution is -2.34. The van der Waals surface area contributed by atoms with Crippen molar-refractivity contribution in [3.8, 4) is 0 Å². The van der Waals surface area contributed by atoms with Crippen LogP contribution < -0.4 is 5.73 Å². The summed E-state index contributed by atoms with van der Waals surface area (Å²) < 4.78 is 4.79. The van der Waals surface area contributed by atoms with E-state index < -0.39 is 18.0 Å². The Bertz CT molecular complexity index is 191. The summed E-state index contributed by atoms with van der Waals surface area (Å²) in [4.78, 5) is 21.2. The Hall–Kier alpha value is -1.10. The maximum absolute atomic E-state index is 11.0. The Morgan fingerprint density at radius 2 is 2.00 bits per heavy atom. The highest BCUT2D eigenvalue weighted by Crippen LogP contribution is 1.99. The number of hydrogen-bond donors (Lipinski definition) is 2. The highest BCUT2D eigenvalue weighted by molar-refractivity contribution is 5.76. The van der Waals surface area contributed by atoms with Crippen molar-refractivity contribution in [1.29, 1.82) is 0 Å². The Morgan fingerprint density at radius 3 is 2.38 bits per heavy atom. The monoisotopic (exact) mass is 189 g/mol. The maximum atomic E-state index is 11.0. The predicted molar refractivity (Wildman–Crippen MR) is 46.1 cm³/mol. The average molecular weight is 189 g/mol. The van der Waals surface area contributed by atoms with E-state index in [1.54, 1.807) is 13.8 Å². The molecule has 0 saturated carbocycles. The van der Waals surface area contributed by atoms with Gasteiger partial charge in [-0.25, -0.2) is 0 Å². The molecule has 0 rings (SSSR count). The van der Waals surface area contributed by atoms with Crippen molar-refractivity contribution in [2.75, 3.05) is 0 Å². The number of carbonyl (C=O) groups excluding carboxylic acids is 1. The summed E-state index contributed by atoms with van der Waals surface area (Å²) in [5.74, 6) is -1.51. The lowest BCUT2D eigenvalue weighted by Gasteiger charge is -2.12. The zero-order chi connectivity index (χ0) is 10.4. The molecule has 5 heteroatoms. The van der Waals surface area contributed by atoms with Crippen LogP contribution in [0.1, 0.15) is 26.7 Å². The third-order valence-electron chi connectivity index (χ3n) is 1.32. The van der Waals surface area contributed by atoms with E-state index in [1.165, 1.54) is 0 Å².